The lowest BCUT2D eigenvalue weighted by Crippen LogP contribution is -2.47. The molecule has 6 heteroatoms. The molecule has 5 nitrogen and oxygen atoms in total. The molecule has 3 aliphatic rings. The predicted octanol–water partition coefficient (Wildman–Crippen LogP) is 4.51. The zero-order valence-corrected chi connectivity index (χ0v) is 21.8. The number of benzene rings is 2. The summed E-state index contributed by atoms with van der Waals surface area (Å²) < 4.78 is 0. The predicted molar refractivity (Wildman–Crippen MR) is 148 cm³/mol. The third-order valence-corrected chi connectivity index (χ3v) is 6.77. The van der Waals surface area contributed by atoms with Crippen molar-refractivity contribution in [2.75, 3.05) is 31.1 Å². The number of likely N-dealkylation sites (tertiary alicyclic amines) is 1. The fourth-order valence-electron chi connectivity index (χ4n) is 5.03. The number of piperidine rings is 1. The maximum absolute atomic E-state index is 12.7. The molecule has 2 heterocycles. The first-order valence-corrected chi connectivity index (χ1v) is 14.1. The summed E-state index contributed by atoms with van der Waals surface area (Å²) in [5.41, 5.74) is 7.70. The SMILES string of the molecule is CI.O=C(NCC(=O)N1CCC(=C2c3ccccc3C=Cc3ccccc32)CC1)[C@H]1CCCN1. The molecule has 5 rings (SSSR count). The lowest BCUT2D eigenvalue weighted by molar-refractivity contribution is -0.133. The first-order chi connectivity index (χ1) is 16.7. The largest absolute Gasteiger partial charge is 0.346 e. The number of hydrogen-bond donors (Lipinski definition) is 2. The fourth-order valence-corrected chi connectivity index (χ4v) is 5.03. The van der Waals surface area contributed by atoms with Crippen molar-refractivity contribution in [3.05, 3.63) is 76.4 Å². The van der Waals surface area contributed by atoms with Gasteiger partial charge in [0.2, 0.25) is 11.8 Å². The first-order valence-electron chi connectivity index (χ1n) is 12.0. The molecule has 0 radical (unpaired) electrons. The molecular formula is C28H32IN3O2. The molecule has 2 aliphatic heterocycles. The van der Waals surface area contributed by atoms with E-state index in [9.17, 15) is 9.59 Å². The molecule has 2 saturated heterocycles. The highest BCUT2D eigenvalue weighted by Crippen LogP contribution is 2.38. The minimum absolute atomic E-state index is 0.00345. The van der Waals surface area contributed by atoms with Crippen LogP contribution >= 0.6 is 22.6 Å². The number of carbonyl (C=O) groups is 2. The molecule has 1 atom stereocenters. The van der Waals surface area contributed by atoms with Crippen molar-refractivity contribution < 1.29 is 9.59 Å². The third kappa shape index (κ3) is 5.44. The maximum Gasteiger partial charge on any atom is 0.241 e. The van der Waals surface area contributed by atoms with Crippen LogP contribution in [0.3, 0.4) is 0 Å². The summed E-state index contributed by atoms with van der Waals surface area (Å²) in [5, 5.41) is 5.99. The number of hydrogen-bond acceptors (Lipinski definition) is 3. The number of amides is 2. The summed E-state index contributed by atoms with van der Waals surface area (Å²) in [6.07, 6.45) is 7.95. The van der Waals surface area contributed by atoms with Crippen LogP contribution in [0.4, 0.5) is 0 Å². The lowest BCUT2D eigenvalue weighted by Gasteiger charge is -2.31. The van der Waals surface area contributed by atoms with Gasteiger partial charge < -0.3 is 15.5 Å². The van der Waals surface area contributed by atoms with Crippen LogP contribution < -0.4 is 10.6 Å². The van der Waals surface area contributed by atoms with Crippen molar-refractivity contribution in [2.24, 2.45) is 0 Å². The Kier molecular flexibility index (Phi) is 8.56. The van der Waals surface area contributed by atoms with Crippen molar-refractivity contribution in [1.82, 2.24) is 15.5 Å². The van der Waals surface area contributed by atoms with E-state index < -0.39 is 0 Å². The van der Waals surface area contributed by atoms with Crippen LogP contribution in [-0.2, 0) is 9.59 Å². The minimum atomic E-state index is -0.149. The van der Waals surface area contributed by atoms with Crippen LogP contribution in [0.5, 0.6) is 0 Å². The van der Waals surface area contributed by atoms with Crippen molar-refractivity contribution >= 4 is 52.1 Å². The zero-order valence-electron chi connectivity index (χ0n) is 19.6. The van der Waals surface area contributed by atoms with E-state index in [0.29, 0.717) is 13.1 Å². The van der Waals surface area contributed by atoms with E-state index >= 15 is 0 Å². The second kappa shape index (κ2) is 11.8. The van der Waals surface area contributed by atoms with E-state index in [2.05, 4.69) is 93.9 Å². The summed E-state index contributed by atoms with van der Waals surface area (Å²) in [7, 11) is 0. The van der Waals surface area contributed by atoms with Crippen LogP contribution in [0.15, 0.2) is 54.1 Å². The Hall–Kier alpha value is -2.45. The Morgan fingerprint density at radius 1 is 0.971 bits per heavy atom. The summed E-state index contributed by atoms with van der Waals surface area (Å²) >= 11 is 2.15. The topological polar surface area (TPSA) is 61.4 Å². The number of halogens is 1. The molecule has 0 spiro atoms. The van der Waals surface area contributed by atoms with Crippen LogP contribution in [0, 0.1) is 0 Å². The molecule has 0 bridgehead atoms. The highest BCUT2D eigenvalue weighted by molar-refractivity contribution is 14.1. The van der Waals surface area contributed by atoms with Gasteiger partial charge in [0, 0.05) is 13.1 Å². The molecular weight excluding hydrogens is 537 g/mol. The highest BCUT2D eigenvalue weighted by atomic mass is 127. The van der Waals surface area contributed by atoms with Crippen molar-refractivity contribution in [3.8, 4) is 0 Å². The monoisotopic (exact) mass is 569 g/mol. The number of nitrogens with one attached hydrogen (secondary N) is 2. The third-order valence-electron chi connectivity index (χ3n) is 6.77. The molecule has 2 fully saturated rings. The molecule has 1 aliphatic carbocycles. The van der Waals surface area contributed by atoms with Gasteiger partial charge in [-0.2, -0.15) is 0 Å². The summed E-state index contributed by atoms with van der Waals surface area (Å²) in [5.74, 6) is -0.0569. The molecule has 34 heavy (non-hydrogen) atoms. The lowest BCUT2D eigenvalue weighted by atomic mass is 9.86. The number of carbonyl (C=O) groups excluding carboxylic acids is 2. The standard InChI is InChI=1S/C27H29N3O2.CH3I/c31-25(18-29-27(32)24-10-5-15-28-24)30-16-13-21(14-17-30)26-22-8-3-1-6-19(22)11-12-20-7-2-4-9-23(20)26;1-2/h1-4,6-9,11-12,24,28H,5,10,13-18H2,(H,29,32);1H3/t24-;/m1./s1. The molecule has 2 amide bonds. The maximum atomic E-state index is 12.7. The van der Waals surface area contributed by atoms with Gasteiger partial charge in [-0.15, -0.1) is 0 Å². The van der Waals surface area contributed by atoms with Crippen LogP contribution in [0.25, 0.3) is 17.7 Å². The quantitative estimate of drug-likeness (QED) is 0.361. The molecule has 2 aromatic rings. The molecule has 0 saturated carbocycles. The Labute approximate surface area is 215 Å². The normalized spacial score (nSPS) is 18.9. The van der Waals surface area contributed by atoms with Crippen LogP contribution in [0.1, 0.15) is 47.9 Å². The van der Waals surface area contributed by atoms with Gasteiger partial charge in [0.1, 0.15) is 0 Å². The minimum Gasteiger partial charge on any atom is -0.346 e. The average molecular weight is 569 g/mol. The van der Waals surface area contributed by atoms with E-state index in [1.807, 2.05) is 9.83 Å². The Morgan fingerprint density at radius 3 is 2.12 bits per heavy atom. The van der Waals surface area contributed by atoms with Gasteiger partial charge in [-0.3, -0.25) is 9.59 Å². The van der Waals surface area contributed by atoms with Crippen LogP contribution in [0.2, 0.25) is 0 Å². The van der Waals surface area contributed by atoms with Crippen molar-refractivity contribution in [3.63, 3.8) is 0 Å². The van der Waals surface area contributed by atoms with Gasteiger partial charge in [-0.25, -0.2) is 0 Å². The van der Waals surface area contributed by atoms with Gasteiger partial charge in [0.05, 0.1) is 12.6 Å². The van der Waals surface area contributed by atoms with E-state index in [0.717, 1.165) is 32.2 Å². The van der Waals surface area contributed by atoms with Crippen molar-refractivity contribution in [2.45, 2.75) is 31.7 Å². The number of nitrogens with zero attached hydrogens (tertiary/aromatic N) is 1. The van der Waals surface area contributed by atoms with Gasteiger partial charge in [0.25, 0.3) is 0 Å². The van der Waals surface area contributed by atoms with E-state index in [4.69, 9.17) is 0 Å². The summed E-state index contributed by atoms with van der Waals surface area (Å²) in [4.78, 5) is 28.8. The zero-order chi connectivity index (χ0) is 23.9. The van der Waals surface area contributed by atoms with Crippen molar-refractivity contribution in [1.29, 1.82) is 0 Å². The second-order valence-electron chi connectivity index (χ2n) is 8.73. The average Bonchev–Trinajstić information content (AvgIpc) is 3.38. The first kappa shape index (κ1) is 24.7. The fraction of sp³-hybridized carbons (Fsp3) is 0.357. The summed E-state index contributed by atoms with van der Waals surface area (Å²) in [6.45, 7) is 2.33. The Balaban J connectivity index is 0.00000133. The molecule has 178 valence electrons. The van der Waals surface area contributed by atoms with Gasteiger partial charge >= 0.3 is 0 Å². The Morgan fingerprint density at radius 2 is 1.56 bits per heavy atom. The molecule has 2 aromatic carbocycles. The second-order valence-corrected chi connectivity index (χ2v) is 8.73. The number of alkyl halides is 1. The van der Waals surface area contributed by atoms with Crippen LogP contribution in [-0.4, -0.2) is 53.9 Å². The van der Waals surface area contributed by atoms with Gasteiger partial charge in [-0.1, -0.05) is 88.8 Å². The van der Waals surface area contributed by atoms with E-state index in [-0.39, 0.29) is 24.4 Å². The number of rotatable bonds is 3. The Bertz CT molecular complexity index is 1040. The number of fused-ring (bicyclic) bond motifs is 2. The molecule has 2 N–H and O–H groups in total. The smallest absolute Gasteiger partial charge is 0.241 e. The highest BCUT2D eigenvalue weighted by Gasteiger charge is 2.26. The molecule has 0 aromatic heterocycles. The van der Waals surface area contributed by atoms with Gasteiger partial charge in [0.15, 0.2) is 0 Å². The molecule has 0 unspecified atom stereocenters. The van der Waals surface area contributed by atoms with Gasteiger partial charge in [-0.05, 0) is 65.0 Å². The van der Waals surface area contributed by atoms with E-state index in [1.165, 1.54) is 33.4 Å². The summed E-state index contributed by atoms with van der Waals surface area (Å²) in [6, 6.07) is 16.9. The van der Waals surface area contributed by atoms with E-state index in [1.54, 1.807) is 0 Å².